The third kappa shape index (κ3) is 1.36. The molecule has 0 bridgehead atoms. The Morgan fingerprint density at radius 1 is 0.583 bits per heavy atom. The molecule has 0 saturated heterocycles. The molecule has 0 radical (unpaired) electrons. The molecule has 0 fully saturated rings. The highest BCUT2D eigenvalue weighted by atomic mass is 16.3. The summed E-state index contributed by atoms with van der Waals surface area (Å²) in [6.07, 6.45) is 0. The number of aromatic nitrogens is 1. The maximum atomic E-state index is 6.28. The van der Waals surface area contributed by atoms with E-state index in [4.69, 9.17) is 4.42 Å². The zero-order valence-corrected chi connectivity index (χ0v) is 12.8. The number of benzene rings is 4. The summed E-state index contributed by atoms with van der Waals surface area (Å²) in [6, 6.07) is 25.3. The molecular formula is C22H13NO. The third-order valence-corrected chi connectivity index (χ3v) is 4.99. The zero-order chi connectivity index (χ0) is 15.7. The van der Waals surface area contributed by atoms with Crippen LogP contribution in [0.25, 0.3) is 54.5 Å². The Bertz CT molecular complexity index is 1290. The summed E-state index contributed by atoms with van der Waals surface area (Å²) < 4.78 is 6.28. The van der Waals surface area contributed by atoms with Gasteiger partial charge in [-0.3, -0.25) is 0 Å². The molecule has 1 N–H and O–H groups in total. The van der Waals surface area contributed by atoms with E-state index in [0.29, 0.717) is 0 Å². The minimum Gasteiger partial charge on any atom is -0.455 e. The Hall–Kier alpha value is -3.26. The fourth-order valence-corrected chi connectivity index (χ4v) is 3.99. The van der Waals surface area contributed by atoms with Crippen LogP contribution in [-0.2, 0) is 0 Å². The number of rotatable bonds is 0. The number of H-pyrrole nitrogens is 1. The van der Waals surface area contributed by atoms with Gasteiger partial charge in [0.15, 0.2) is 0 Å². The molecule has 112 valence electrons. The van der Waals surface area contributed by atoms with Gasteiger partial charge < -0.3 is 9.40 Å². The van der Waals surface area contributed by atoms with Gasteiger partial charge in [-0.25, -0.2) is 0 Å². The maximum Gasteiger partial charge on any atom is 0.144 e. The van der Waals surface area contributed by atoms with Crippen molar-refractivity contribution >= 4 is 54.5 Å². The Labute approximate surface area is 137 Å². The molecule has 0 aliphatic rings. The summed E-state index contributed by atoms with van der Waals surface area (Å²) in [5, 5.41) is 7.24. The topological polar surface area (TPSA) is 28.9 Å². The minimum atomic E-state index is 0.940. The molecule has 0 amide bonds. The fraction of sp³-hybridized carbons (Fsp3) is 0. The van der Waals surface area contributed by atoms with E-state index in [0.717, 1.165) is 22.1 Å². The monoisotopic (exact) mass is 307 g/mol. The van der Waals surface area contributed by atoms with Crippen LogP contribution < -0.4 is 0 Å². The summed E-state index contributed by atoms with van der Waals surface area (Å²) in [6.45, 7) is 0. The van der Waals surface area contributed by atoms with Gasteiger partial charge in [0, 0.05) is 37.8 Å². The van der Waals surface area contributed by atoms with Crippen molar-refractivity contribution in [1.29, 1.82) is 0 Å². The van der Waals surface area contributed by atoms with Gasteiger partial charge in [0.2, 0.25) is 0 Å². The fourth-order valence-electron chi connectivity index (χ4n) is 3.99. The predicted molar refractivity (Wildman–Crippen MR) is 101 cm³/mol. The summed E-state index contributed by atoms with van der Waals surface area (Å²) in [5.41, 5.74) is 4.26. The second-order valence-electron chi connectivity index (χ2n) is 6.27. The molecule has 2 heteroatoms. The van der Waals surface area contributed by atoms with Crippen molar-refractivity contribution in [2.45, 2.75) is 0 Å². The van der Waals surface area contributed by atoms with E-state index < -0.39 is 0 Å². The van der Waals surface area contributed by atoms with Crippen molar-refractivity contribution in [2.24, 2.45) is 0 Å². The molecule has 4 aromatic carbocycles. The number of hydrogen-bond donors (Lipinski definition) is 1. The van der Waals surface area contributed by atoms with Crippen LogP contribution >= 0.6 is 0 Å². The lowest BCUT2D eigenvalue weighted by Gasteiger charge is -2.02. The van der Waals surface area contributed by atoms with Crippen LogP contribution in [0.3, 0.4) is 0 Å². The average molecular weight is 307 g/mol. The second-order valence-corrected chi connectivity index (χ2v) is 6.27. The minimum absolute atomic E-state index is 0.940. The molecular weight excluding hydrogens is 294 g/mol. The van der Waals surface area contributed by atoms with Crippen LogP contribution in [0.1, 0.15) is 0 Å². The molecule has 2 heterocycles. The summed E-state index contributed by atoms with van der Waals surface area (Å²) in [5.74, 6) is 0. The highest BCUT2D eigenvalue weighted by Crippen LogP contribution is 2.43. The predicted octanol–water partition coefficient (Wildman–Crippen LogP) is 6.37. The Balaban J connectivity index is 2.10. The van der Waals surface area contributed by atoms with Crippen molar-refractivity contribution in [3.8, 4) is 0 Å². The smallest absolute Gasteiger partial charge is 0.144 e. The lowest BCUT2D eigenvalue weighted by molar-refractivity contribution is 0.673. The molecule has 6 aromatic rings. The number of hydrogen-bond acceptors (Lipinski definition) is 1. The number of aromatic amines is 1. The number of para-hydroxylation sites is 2. The molecule has 0 atom stereocenters. The Morgan fingerprint density at radius 3 is 2.12 bits per heavy atom. The summed E-state index contributed by atoms with van der Waals surface area (Å²) in [7, 11) is 0. The molecule has 24 heavy (non-hydrogen) atoms. The number of fused-ring (bicyclic) bond motifs is 10. The second kappa shape index (κ2) is 4.18. The van der Waals surface area contributed by atoms with E-state index in [1.54, 1.807) is 0 Å². The van der Waals surface area contributed by atoms with E-state index >= 15 is 0 Å². The molecule has 0 aliphatic heterocycles. The van der Waals surface area contributed by atoms with E-state index in [2.05, 4.69) is 65.6 Å². The average Bonchev–Trinajstić information content (AvgIpc) is 3.20. The normalized spacial score (nSPS) is 12.2. The van der Waals surface area contributed by atoms with Gasteiger partial charge in [0.25, 0.3) is 0 Å². The van der Waals surface area contributed by atoms with Gasteiger partial charge in [0.05, 0.1) is 5.52 Å². The lowest BCUT2D eigenvalue weighted by Crippen LogP contribution is -1.78. The van der Waals surface area contributed by atoms with Crippen molar-refractivity contribution in [1.82, 2.24) is 4.98 Å². The number of furan rings is 1. The van der Waals surface area contributed by atoms with Crippen molar-refractivity contribution in [2.75, 3.05) is 0 Å². The standard InChI is InChI=1S/C22H13NO/c1-2-8-14-13(7-1)21-19(15-9-3-5-11-17(15)23-21)20-16-10-4-6-12-18(16)24-22(14)20/h1-12,23H. The van der Waals surface area contributed by atoms with Gasteiger partial charge in [-0.1, -0.05) is 60.7 Å². The Kier molecular flexibility index (Phi) is 2.12. The maximum absolute atomic E-state index is 6.28. The quantitative estimate of drug-likeness (QED) is 0.347. The van der Waals surface area contributed by atoms with Crippen LogP contribution in [0.4, 0.5) is 0 Å². The molecule has 2 nitrogen and oxygen atoms in total. The van der Waals surface area contributed by atoms with Crippen LogP contribution in [-0.4, -0.2) is 4.98 Å². The van der Waals surface area contributed by atoms with Gasteiger partial charge >= 0.3 is 0 Å². The third-order valence-electron chi connectivity index (χ3n) is 4.99. The highest BCUT2D eigenvalue weighted by molar-refractivity contribution is 6.35. The van der Waals surface area contributed by atoms with E-state index in [1.807, 2.05) is 12.1 Å². The first kappa shape index (κ1) is 12.2. The number of nitrogens with one attached hydrogen (secondary N) is 1. The molecule has 6 rings (SSSR count). The highest BCUT2D eigenvalue weighted by Gasteiger charge is 2.18. The van der Waals surface area contributed by atoms with E-state index in [-0.39, 0.29) is 0 Å². The molecule has 0 unspecified atom stereocenters. The SMILES string of the molecule is c1ccc2c(c1)[nH]c1c3ccccc3c3oc4ccccc4c3c21. The Morgan fingerprint density at radius 2 is 1.25 bits per heavy atom. The van der Waals surface area contributed by atoms with Gasteiger partial charge in [0.1, 0.15) is 11.2 Å². The largest absolute Gasteiger partial charge is 0.455 e. The van der Waals surface area contributed by atoms with Crippen molar-refractivity contribution in [3.63, 3.8) is 0 Å². The summed E-state index contributed by atoms with van der Waals surface area (Å²) >= 11 is 0. The zero-order valence-electron chi connectivity index (χ0n) is 12.8. The van der Waals surface area contributed by atoms with E-state index in [1.165, 1.54) is 32.4 Å². The van der Waals surface area contributed by atoms with Crippen molar-refractivity contribution in [3.05, 3.63) is 72.8 Å². The van der Waals surface area contributed by atoms with Crippen LogP contribution in [0.2, 0.25) is 0 Å². The van der Waals surface area contributed by atoms with Crippen LogP contribution in [0.5, 0.6) is 0 Å². The van der Waals surface area contributed by atoms with Crippen molar-refractivity contribution < 1.29 is 4.42 Å². The van der Waals surface area contributed by atoms with Gasteiger partial charge in [-0.2, -0.15) is 0 Å². The molecule has 2 aromatic heterocycles. The van der Waals surface area contributed by atoms with Gasteiger partial charge in [-0.05, 0) is 12.1 Å². The lowest BCUT2D eigenvalue weighted by atomic mass is 10.00. The van der Waals surface area contributed by atoms with E-state index in [9.17, 15) is 0 Å². The first-order valence-electron chi connectivity index (χ1n) is 8.14. The van der Waals surface area contributed by atoms with Crippen LogP contribution in [0, 0.1) is 0 Å². The first-order valence-corrected chi connectivity index (χ1v) is 8.14. The first-order chi connectivity index (χ1) is 11.9. The summed E-state index contributed by atoms with van der Waals surface area (Å²) in [4.78, 5) is 3.63. The van der Waals surface area contributed by atoms with Gasteiger partial charge in [-0.15, -0.1) is 0 Å². The molecule has 0 spiro atoms. The molecule has 0 aliphatic carbocycles. The molecule has 0 saturated carbocycles. The van der Waals surface area contributed by atoms with Crippen LogP contribution in [0.15, 0.2) is 77.2 Å².